The number of piperidine rings is 3. The maximum Gasteiger partial charge on any atom is 0.0303 e. The van der Waals surface area contributed by atoms with Crippen LogP contribution in [0.1, 0.15) is 46.0 Å². The standard InChI is InChI=1S/C16H31N3/c1-3-16(4-2)13-19(9-5-8-17-16)15-12-18-10-6-14(15)7-11-18/h14-15,17H,3-13H2,1-2H3. The van der Waals surface area contributed by atoms with Crippen LogP contribution >= 0.6 is 0 Å². The minimum Gasteiger partial charge on any atom is -0.310 e. The number of hydrogen-bond donors (Lipinski definition) is 1. The summed E-state index contributed by atoms with van der Waals surface area (Å²) in [5, 5.41) is 3.85. The van der Waals surface area contributed by atoms with Crippen molar-refractivity contribution in [1.82, 2.24) is 15.1 Å². The lowest BCUT2D eigenvalue weighted by molar-refractivity contribution is -0.00271. The molecule has 3 nitrogen and oxygen atoms in total. The van der Waals surface area contributed by atoms with Gasteiger partial charge in [0.25, 0.3) is 0 Å². The van der Waals surface area contributed by atoms with Gasteiger partial charge >= 0.3 is 0 Å². The molecule has 4 fully saturated rings. The van der Waals surface area contributed by atoms with Crippen molar-refractivity contribution >= 4 is 0 Å². The smallest absolute Gasteiger partial charge is 0.0303 e. The summed E-state index contributed by atoms with van der Waals surface area (Å²) in [5.41, 5.74) is 0.378. The lowest BCUT2D eigenvalue weighted by Crippen LogP contribution is -2.60. The third-order valence-electron chi connectivity index (χ3n) is 6.07. The summed E-state index contributed by atoms with van der Waals surface area (Å²) < 4.78 is 0. The highest BCUT2D eigenvalue weighted by molar-refractivity contribution is 4.98. The van der Waals surface area contributed by atoms with Crippen molar-refractivity contribution < 1.29 is 0 Å². The van der Waals surface area contributed by atoms with E-state index < -0.39 is 0 Å². The van der Waals surface area contributed by atoms with Crippen LogP contribution in [-0.4, -0.2) is 60.6 Å². The van der Waals surface area contributed by atoms with E-state index in [9.17, 15) is 0 Å². The lowest BCUT2D eigenvalue weighted by Gasteiger charge is -2.50. The van der Waals surface area contributed by atoms with Gasteiger partial charge in [0.2, 0.25) is 0 Å². The number of rotatable bonds is 3. The molecule has 0 aromatic rings. The molecule has 2 bridgehead atoms. The van der Waals surface area contributed by atoms with E-state index in [1.165, 1.54) is 71.4 Å². The Balaban J connectivity index is 1.72. The first kappa shape index (κ1) is 13.8. The van der Waals surface area contributed by atoms with E-state index >= 15 is 0 Å². The van der Waals surface area contributed by atoms with Gasteiger partial charge in [0.05, 0.1) is 0 Å². The van der Waals surface area contributed by atoms with E-state index in [1.807, 2.05) is 0 Å². The molecule has 3 heteroatoms. The molecule has 1 unspecified atom stereocenters. The number of nitrogens with zero attached hydrogens (tertiary/aromatic N) is 2. The van der Waals surface area contributed by atoms with Gasteiger partial charge in [-0.15, -0.1) is 0 Å². The molecule has 4 rings (SSSR count). The largest absolute Gasteiger partial charge is 0.310 e. The Morgan fingerprint density at radius 2 is 1.84 bits per heavy atom. The second-order valence-electron chi connectivity index (χ2n) is 6.94. The third-order valence-corrected chi connectivity index (χ3v) is 6.07. The summed E-state index contributed by atoms with van der Waals surface area (Å²) in [6.45, 7) is 12.6. The van der Waals surface area contributed by atoms with Crippen LogP contribution in [0.4, 0.5) is 0 Å². The summed E-state index contributed by atoms with van der Waals surface area (Å²) in [4.78, 5) is 5.55. The Kier molecular flexibility index (Phi) is 4.16. The molecule has 4 saturated heterocycles. The van der Waals surface area contributed by atoms with Gasteiger partial charge in [0, 0.05) is 24.7 Å². The molecule has 0 radical (unpaired) electrons. The molecule has 110 valence electrons. The SMILES string of the molecule is CCC1(CC)CN(C2CN3CCC2CC3)CCCN1. The fraction of sp³-hybridized carbons (Fsp3) is 1.00. The van der Waals surface area contributed by atoms with Crippen LogP contribution in [0.3, 0.4) is 0 Å². The summed E-state index contributed by atoms with van der Waals surface area (Å²) in [5.74, 6) is 0.981. The highest BCUT2D eigenvalue weighted by Crippen LogP contribution is 2.33. The summed E-state index contributed by atoms with van der Waals surface area (Å²) >= 11 is 0. The Labute approximate surface area is 118 Å². The van der Waals surface area contributed by atoms with Crippen LogP contribution < -0.4 is 5.32 Å². The van der Waals surface area contributed by atoms with Gasteiger partial charge < -0.3 is 10.2 Å². The molecular weight excluding hydrogens is 234 g/mol. The second-order valence-corrected chi connectivity index (χ2v) is 6.94. The molecule has 0 aromatic heterocycles. The topological polar surface area (TPSA) is 18.5 Å². The Morgan fingerprint density at radius 3 is 2.42 bits per heavy atom. The van der Waals surface area contributed by atoms with Crippen molar-refractivity contribution in [3.8, 4) is 0 Å². The first-order valence-corrected chi connectivity index (χ1v) is 8.48. The van der Waals surface area contributed by atoms with Crippen LogP contribution in [0.2, 0.25) is 0 Å². The Morgan fingerprint density at radius 1 is 1.11 bits per heavy atom. The van der Waals surface area contributed by atoms with Crippen molar-refractivity contribution in [2.45, 2.75) is 57.5 Å². The number of hydrogen-bond acceptors (Lipinski definition) is 3. The fourth-order valence-corrected chi connectivity index (χ4v) is 4.51. The molecule has 1 N–H and O–H groups in total. The highest BCUT2D eigenvalue weighted by Gasteiger charge is 2.40. The predicted octanol–water partition coefficient (Wildman–Crippen LogP) is 1.93. The van der Waals surface area contributed by atoms with Gasteiger partial charge in [0.1, 0.15) is 0 Å². The average Bonchev–Trinajstić information content (AvgIpc) is 2.71. The minimum absolute atomic E-state index is 0.378. The van der Waals surface area contributed by atoms with Crippen molar-refractivity contribution in [1.29, 1.82) is 0 Å². The zero-order chi connectivity index (χ0) is 13.3. The van der Waals surface area contributed by atoms with Crippen molar-refractivity contribution in [2.24, 2.45) is 5.92 Å². The summed E-state index contributed by atoms with van der Waals surface area (Å²) in [6, 6.07) is 0.847. The molecule has 0 aliphatic carbocycles. The summed E-state index contributed by atoms with van der Waals surface area (Å²) in [6.07, 6.45) is 6.74. The van der Waals surface area contributed by atoms with E-state index in [1.54, 1.807) is 0 Å². The Hall–Kier alpha value is -0.120. The summed E-state index contributed by atoms with van der Waals surface area (Å²) in [7, 11) is 0. The normalized spacial score (nSPS) is 39.2. The van der Waals surface area contributed by atoms with Crippen molar-refractivity contribution in [3.63, 3.8) is 0 Å². The molecule has 4 aliphatic rings. The maximum atomic E-state index is 3.85. The first-order valence-electron chi connectivity index (χ1n) is 8.48. The van der Waals surface area contributed by atoms with E-state index in [4.69, 9.17) is 0 Å². The van der Waals surface area contributed by atoms with Crippen LogP contribution in [0.15, 0.2) is 0 Å². The Bertz CT molecular complexity index is 292. The molecule has 4 heterocycles. The minimum atomic E-state index is 0.378. The zero-order valence-corrected chi connectivity index (χ0v) is 12.8. The van der Waals surface area contributed by atoms with Crippen molar-refractivity contribution in [3.05, 3.63) is 0 Å². The zero-order valence-electron chi connectivity index (χ0n) is 12.8. The first-order chi connectivity index (χ1) is 9.26. The molecule has 0 amide bonds. The van der Waals surface area contributed by atoms with E-state index in [0.29, 0.717) is 5.54 Å². The van der Waals surface area contributed by atoms with Crippen LogP contribution in [-0.2, 0) is 0 Å². The third kappa shape index (κ3) is 2.70. The van der Waals surface area contributed by atoms with Gasteiger partial charge in [-0.3, -0.25) is 4.90 Å². The van der Waals surface area contributed by atoms with Crippen LogP contribution in [0, 0.1) is 5.92 Å². The van der Waals surface area contributed by atoms with Crippen LogP contribution in [0.5, 0.6) is 0 Å². The molecule has 0 aromatic carbocycles. The fourth-order valence-electron chi connectivity index (χ4n) is 4.51. The monoisotopic (exact) mass is 265 g/mol. The van der Waals surface area contributed by atoms with E-state index in [2.05, 4.69) is 29.0 Å². The van der Waals surface area contributed by atoms with Gasteiger partial charge in [0.15, 0.2) is 0 Å². The van der Waals surface area contributed by atoms with Gasteiger partial charge in [-0.25, -0.2) is 0 Å². The highest BCUT2D eigenvalue weighted by atomic mass is 15.3. The van der Waals surface area contributed by atoms with Gasteiger partial charge in [-0.05, 0) is 64.2 Å². The van der Waals surface area contributed by atoms with E-state index in [0.717, 1.165) is 12.0 Å². The molecular formula is C16H31N3. The molecule has 4 aliphatic heterocycles. The second kappa shape index (κ2) is 5.71. The molecule has 0 spiro atoms. The van der Waals surface area contributed by atoms with E-state index in [-0.39, 0.29) is 0 Å². The molecule has 0 saturated carbocycles. The van der Waals surface area contributed by atoms with Crippen molar-refractivity contribution in [2.75, 3.05) is 39.3 Å². The van der Waals surface area contributed by atoms with Gasteiger partial charge in [-0.2, -0.15) is 0 Å². The molecule has 19 heavy (non-hydrogen) atoms. The predicted molar refractivity (Wildman–Crippen MR) is 80.5 cm³/mol. The average molecular weight is 265 g/mol. The number of fused-ring (bicyclic) bond motifs is 3. The number of nitrogens with one attached hydrogen (secondary N) is 1. The quantitative estimate of drug-likeness (QED) is 0.841. The van der Waals surface area contributed by atoms with Gasteiger partial charge in [-0.1, -0.05) is 13.8 Å². The molecule has 1 atom stereocenters. The van der Waals surface area contributed by atoms with Crippen LogP contribution in [0.25, 0.3) is 0 Å². The maximum absolute atomic E-state index is 3.85. The lowest BCUT2D eigenvalue weighted by atomic mass is 9.82.